The number of likely N-dealkylation sites (N-methyl/N-ethyl adjacent to an activating group) is 1. The van der Waals surface area contributed by atoms with Crippen LogP contribution in [-0.4, -0.2) is 47.4 Å². The second-order valence-corrected chi connectivity index (χ2v) is 10.3. The van der Waals surface area contributed by atoms with E-state index in [0.29, 0.717) is 11.8 Å². The van der Waals surface area contributed by atoms with Gasteiger partial charge in [0.2, 0.25) is 0 Å². The number of hydrogen-bond acceptors (Lipinski definition) is 4. The van der Waals surface area contributed by atoms with Crippen molar-refractivity contribution in [2.45, 2.75) is 74.5 Å². The van der Waals surface area contributed by atoms with E-state index in [1.807, 2.05) is 6.07 Å². The Morgan fingerprint density at radius 3 is 2.81 bits per heavy atom. The van der Waals surface area contributed by atoms with Gasteiger partial charge in [-0.15, -0.1) is 0 Å². The van der Waals surface area contributed by atoms with Crippen LogP contribution in [0, 0.1) is 0 Å². The summed E-state index contributed by atoms with van der Waals surface area (Å²) in [6.45, 7) is 4.10. The van der Waals surface area contributed by atoms with Gasteiger partial charge in [-0.2, -0.15) is 0 Å². The number of benzene rings is 2. The third kappa shape index (κ3) is 2.44. The molecule has 1 saturated heterocycles. The summed E-state index contributed by atoms with van der Waals surface area (Å²) in [5.74, 6) is 1.03. The lowest BCUT2D eigenvalue weighted by molar-refractivity contribution is -0.234. The Kier molecular flexibility index (Phi) is 4.26. The van der Waals surface area contributed by atoms with E-state index in [1.165, 1.54) is 16.7 Å². The number of aryl methyl sites for hydroxylation is 1. The van der Waals surface area contributed by atoms with E-state index in [2.05, 4.69) is 55.3 Å². The molecule has 1 spiro atoms. The normalized spacial score (nSPS) is 35.5. The highest BCUT2D eigenvalue weighted by atomic mass is 16.5. The zero-order valence-corrected chi connectivity index (χ0v) is 18.7. The Labute approximate surface area is 185 Å². The fraction of sp³-hybridized carbons (Fsp3) is 0.556. The topological polar surface area (TPSA) is 41.9 Å². The molecule has 31 heavy (non-hydrogen) atoms. The van der Waals surface area contributed by atoms with Crippen LogP contribution in [0.1, 0.15) is 55.7 Å². The Bertz CT molecular complexity index is 1010. The van der Waals surface area contributed by atoms with Crippen LogP contribution in [0.2, 0.25) is 0 Å². The van der Waals surface area contributed by atoms with E-state index in [1.54, 1.807) is 0 Å². The van der Waals surface area contributed by atoms with E-state index in [0.717, 1.165) is 63.8 Å². The molecule has 0 radical (unpaired) electrons. The quantitative estimate of drug-likeness (QED) is 0.719. The number of phenolic OH excluding ortho intramolecular Hbond substituents is 1. The standard InChI is InChI=1S/C27H33NO3/c1-25-13-7-14-27(30-17-6-10-19-8-4-3-5-9-19)22-18-20-11-12-21(29)24(31-25)23(20)26(25,27)15-16-28(22)2/h3-5,8-9,11-12,22,29H,6-7,10,13-18H2,1-2H3/t22-,25+,26+,27-/m1/s1. The van der Waals surface area contributed by atoms with Gasteiger partial charge in [-0.3, -0.25) is 0 Å². The van der Waals surface area contributed by atoms with Crippen molar-refractivity contribution in [1.29, 1.82) is 0 Å². The van der Waals surface area contributed by atoms with Crippen molar-refractivity contribution in [2.75, 3.05) is 20.2 Å². The van der Waals surface area contributed by atoms with Gasteiger partial charge in [0.15, 0.2) is 11.5 Å². The van der Waals surface area contributed by atoms with Gasteiger partial charge in [0.25, 0.3) is 0 Å². The summed E-state index contributed by atoms with van der Waals surface area (Å²) >= 11 is 0. The highest BCUT2D eigenvalue weighted by Crippen LogP contribution is 2.70. The van der Waals surface area contributed by atoms with E-state index in [9.17, 15) is 5.11 Å². The van der Waals surface area contributed by atoms with E-state index in [-0.39, 0.29) is 16.6 Å². The molecule has 2 aromatic rings. The Hall–Kier alpha value is -2.04. The first kappa shape index (κ1) is 19.6. The summed E-state index contributed by atoms with van der Waals surface area (Å²) in [6.07, 6.45) is 7.26. The monoisotopic (exact) mass is 419 g/mol. The molecule has 0 aromatic heterocycles. The van der Waals surface area contributed by atoms with Crippen LogP contribution in [0.5, 0.6) is 11.5 Å². The van der Waals surface area contributed by atoms with Crippen molar-refractivity contribution < 1.29 is 14.6 Å². The first-order chi connectivity index (χ1) is 15.0. The minimum absolute atomic E-state index is 0.177. The maximum atomic E-state index is 10.7. The smallest absolute Gasteiger partial charge is 0.166 e. The van der Waals surface area contributed by atoms with Gasteiger partial charge in [0.05, 0.1) is 11.0 Å². The van der Waals surface area contributed by atoms with Crippen LogP contribution in [0.15, 0.2) is 42.5 Å². The zero-order valence-electron chi connectivity index (χ0n) is 18.7. The van der Waals surface area contributed by atoms with Gasteiger partial charge in [0, 0.05) is 18.2 Å². The van der Waals surface area contributed by atoms with Crippen LogP contribution >= 0.6 is 0 Å². The summed E-state index contributed by atoms with van der Waals surface area (Å²) in [5.41, 5.74) is 3.23. The van der Waals surface area contributed by atoms with Crippen molar-refractivity contribution in [3.8, 4) is 11.5 Å². The summed E-state index contributed by atoms with van der Waals surface area (Å²) in [4.78, 5) is 2.53. The number of aromatic hydroxyl groups is 1. The van der Waals surface area contributed by atoms with Crippen molar-refractivity contribution in [1.82, 2.24) is 4.90 Å². The Morgan fingerprint density at radius 1 is 1.13 bits per heavy atom. The molecule has 2 bridgehead atoms. The zero-order chi connectivity index (χ0) is 21.3. The van der Waals surface area contributed by atoms with Gasteiger partial charge in [-0.25, -0.2) is 0 Å². The van der Waals surface area contributed by atoms with Crippen LogP contribution < -0.4 is 4.74 Å². The molecule has 2 fully saturated rings. The van der Waals surface area contributed by atoms with Gasteiger partial charge < -0.3 is 19.5 Å². The van der Waals surface area contributed by atoms with E-state index < -0.39 is 0 Å². The molecule has 4 aliphatic rings. The molecule has 0 amide bonds. The number of hydrogen-bond donors (Lipinski definition) is 1. The number of phenols is 1. The van der Waals surface area contributed by atoms with E-state index >= 15 is 0 Å². The van der Waals surface area contributed by atoms with E-state index in [4.69, 9.17) is 9.47 Å². The summed E-state index contributed by atoms with van der Waals surface area (Å²) in [7, 11) is 2.26. The Morgan fingerprint density at radius 2 is 1.97 bits per heavy atom. The van der Waals surface area contributed by atoms with Crippen molar-refractivity contribution in [2.24, 2.45) is 0 Å². The molecule has 6 rings (SSSR count). The lowest BCUT2D eigenvalue weighted by atomic mass is 9.45. The fourth-order valence-electron chi connectivity index (χ4n) is 7.66. The number of ether oxygens (including phenoxy) is 2. The summed E-state index contributed by atoms with van der Waals surface area (Å²) in [5, 5.41) is 10.7. The molecule has 0 unspecified atom stereocenters. The maximum absolute atomic E-state index is 10.7. The van der Waals surface area contributed by atoms with Gasteiger partial charge in [-0.05, 0) is 82.7 Å². The third-order valence-corrected chi connectivity index (χ3v) is 8.94. The number of rotatable bonds is 5. The molecule has 164 valence electrons. The minimum atomic E-state index is -0.319. The van der Waals surface area contributed by atoms with Crippen LogP contribution in [0.4, 0.5) is 0 Å². The fourth-order valence-corrected chi connectivity index (χ4v) is 7.66. The molecule has 2 aromatic carbocycles. The first-order valence-electron chi connectivity index (χ1n) is 11.9. The van der Waals surface area contributed by atoms with Gasteiger partial charge in [0.1, 0.15) is 5.60 Å². The molecule has 4 heteroatoms. The highest BCUT2D eigenvalue weighted by molar-refractivity contribution is 5.63. The average molecular weight is 420 g/mol. The molecule has 4 atom stereocenters. The minimum Gasteiger partial charge on any atom is -0.504 e. The van der Waals surface area contributed by atoms with Gasteiger partial charge >= 0.3 is 0 Å². The average Bonchev–Trinajstić information content (AvgIpc) is 3.05. The molecule has 1 N–H and O–H groups in total. The highest BCUT2D eigenvalue weighted by Gasteiger charge is 2.76. The number of likely N-dealkylation sites (tertiary alicyclic amines) is 1. The van der Waals surface area contributed by atoms with Gasteiger partial charge in [-0.1, -0.05) is 36.4 Å². The second kappa shape index (κ2) is 6.73. The van der Waals surface area contributed by atoms with Crippen LogP contribution in [0.25, 0.3) is 0 Å². The number of nitrogens with zero attached hydrogens (tertiary/aromatic N) is 1. The molecule has 2 aliphatic heterocycles. The molecule has 2 aliphatic carbocycles. The third-order valence-electron chi connectivity index (χ3n) is 8.94. The summed E-state index contributed by atoms with van der Waals surface area (Å²) < 4.78 is 13.8. The maximum Gasteiger partial charge on any atom is 0.166 e. The number of piperidine rings is 1. The van der Waals surface area contributed by atoms with Crippen LogP contribution in [0.3, 0.4) is 0 Å². The largest absolute Gasteiger partial charge is 0.504 e. The summed E-state index contributed by atoms with van der Waals surface area (Å²) in [6, 6.07) is 15.0. The SMILES string of the molecule is CN1CC[C@]23c4c5ccc(O)c4O[C@@]2(C)CCC[C@@]3(OCCCc2ccccc2)[C@H]1C5. The van der Waals surface area contributed by atoms with Crippen LogP contribution in [-0.2, 0) is 23.0 Å². The molecular formula is C27H33NO3. The Balaban J connectivity index is 1.40. The van der Waals surface area contributed by atoms with Crippen molar-refractivity contribution in [3.05, 3.63) is 59.2 Å². The predicted molar refractivity (Wildman–Crippen MR) is 121 cm³/mol. The predicted octanol–water partition coefficient (Wildman–Crippen LogP) is 4.61. The van der Waals surface area contributed by atoms with Crippen molar-refractivity contribution >= 4 is 0 Å². The lowest BCUT2D eigenvalue weighted by Crippen LogP contribution is -2.78. The second-order valence-electron chi connectivity index (χ2n) is 10.3. The van der Waals surface area contributed by atoms with Crippen molar-refractivity contribution in [3.63, 3.8) is 0 Å². The molecule has 2 heterocycles. The first-order valence-corrected chi connectivity index (χ1v) is 11.9. The lowest BCUT2D eigenvalue weighted by Gasteiger charge is -2.67. The molecular weight excluding hydrogens is 386 g/mol. The molecule has 1 saturated carbocycles. The molecule has 4 nitrogen and oxygen atoms in total.